The van der Waals surface area contributed by atoms with Gasteiger partial charge in [-0.15, -0.1) is 0 Å². The third kappa shape index (κ3) is 1.77. The zero-order chi connectivity index (χ0) is 14.4. The number of anilines is 1. The molecule has 8 nitrogen and oxygen atoms in total. The van der Waals surface area contributed by atoms with Crippen molar-refractivity contribution in [1.29, 1.82) is 0 Å². The lowest BCUT2D eigenvalue weighted by Gasteiger charge is -2.17. The Labute approximate surface area is 114 Å². The summed E-state index contributed by atoms with van der Waals surface area (Å²) in [5, 5.41) is 29.3. The van der Waals surface area contributed by atoms with Crippen LogP contribution in [-0.2, 0) is 0 Å². The van der Waals surface area contributed by atoms with E-state index in [1.54, 1.807) is 4.57 Å². The molecule has 0 spiro atoms. The highest BCUT2D eigenvalue weighted by Gasteiger charge is 2.42. The monoisotopic (exact) mass is 277 g/mol. The zero-order valence-corrected chi connectivity index (χ0v) is 10.6. The van der Waals surface area contributed by atoms with Crippen LogP contribution in [-0.4, -0.2) is 53.2 Å². The van der Waals surface area contributed by atoms with Crippen molar-refractivity contribution >= 4 is 23.1 Å². The summed E-state index contributed by atoms with van der Waals surface area (Å²) in [5.41, 5.74) is 6.66. The fourth-order valence-corrected chi connectivity index (χ4v) is 2.55. The molecule has 106 valence electrons. The smallest absolute Gasteiger partial charge is 0.166 e. The van der Waals surface area contributed by atoms with E-state index >= 15 is 0 Å². The first-order valence-electron chi connectivity index (χ1n) is 6.19. The maximum absolute atomic E-state index is 10.0. The van der Waals surface area contributed by atoms with Gasteiger partial charge in [-0.1, -0.05) is 6.58 Å². The van der Waals surface area contributed by atoms with E-state index in [0.29, 0.717) is 17.0 Å². The molecule has 0 aromatic carbocycles. The van der Waals surface area contributed by atoms with Gasteiger partial charge in [0.25, 0.3) is 0 Å². The number of aromatic nitrogens is 4. The Morgan fingerprint density at radius 3 is 2.65 bits per heavy atom. The van der Waals surface area contributed by atoms with Gasteiger partial charge in [0.1, 0.15) is 17.7 Å². The predicted octanol–water partition coefficient (Wildman–Crippen LogP) is -0.921. The van der Waals surface area contributed by atoms with E-state index in [2.05, 4.69) is 21.5 Å². The van der Waals surface area contributed by atoms with Crippen LogP contribution in [0.15, 0.2) is 12.9 Å². The molecule has 0 bridgehead atoms. The molecule has 2 heterocycles. The van der Waals surface area contributed by atoms with Crippen molar-refractivity contribution < 1.29 is 15.3 Å². The minimum absolute atomic E-state index is 0.209. The lowest BCUT2D eigenvalue weighted by atomic mass is 10.2. The lowest BCUT2D eigenvalue weighted by Crippen LogP contribution is -2.31. The van der Waals surface area contributed by atoms with Gasteiger partial charge in [-0.2, -0.15) is 0 Å². The Hall–Kier alpha value is -2.03. The first-order chi connectivity index (χ1) is 9.52. The SMILES string of the molecule is C=Cc1nc(N)c2ncn([C@@H]3C[C@H](O)[C@@H](O)[C@H]3O)c2n1. The van der Waals surface area contributed by atoms with Crippen molar-refractivity contribution in [3.63, 3.8) is 0 Å². The second-order valence-corrected chi connectivity index (χ2v) is 4.85. The molecule has 0 aliphatic heterocycles. The van der Waals surface area contributed by atoms with Gasteiger partial charge in [0.05, 0.1) is 18.5 Å². The van der Waals surface area contributed by atoms with Gasteiger partial charge in [0.2, 0.25) is 0 Å². The normalized spacial score (nSPS) is 29.9. The van der Waals surface area contributed by atoms with Crippen LogP contribution in [0.25, 0.3) is 17.2 Å². The molecular weight excluding hydrogens is 262 g/mol. The highest BCUT2D eigenvalue weighted by atomic mass is 16.4. The minimum Gasteiger partial charge on any atom is -0.390 e. The number of imidazole rings is 1. The summed E-state index contributed by atoms with van der Waals surface area (Å²) in [6.07, 6.45) is -0.114. The molecule has 8 heteroatoms. The third-order valence-electron chi connectivity index (χ3n) is 3.63. The Bertz CT molecular complexity index is 670. The van der Waals surface area contributed by atoms with Crippen molar-refractivity contribution in [2.75, 3.05) is 5.73 Å². The van der Waals surface area contributed by atoms with E-state index in [1.165, 1.54) is 12.4 Å². The third-order valence-corrected chi connectivity index (χ3v) is 3.63. The molecule has 4 atom stereocenters. The van der Waals surface area contributed by atoms with E-state index in [-0.39, 0.29) is 12.2 Å². The van der Waals surface area contributed by atoms with Crippen LogP contribution in [0.1, 0.15) is 18.3 Å². The molecule has 1 aliphatic carbocycles. The minimum atomic E-state index is -1.18. The van der Waals surface area contributed by atoms with Crippen molar-refractivity contribution in [3.05, 3.63) is 18.7 Å². The number of fused-ring (bicyclic) bond motifs is 1. The highest BCUT2D eigenvalue weighted by Crippen LogP contribution is 2.33. The summed E-state index contributed by atoms with van der Waals surface area (Å²) < 4.78 is 1.60. The summed E-state index contributed by atoms with van der Waals surface area (Å²) in [5.74, 6) is 0.572. The largest absolute Gasteiger partial charge is 0.390 e. The van der Waals surface area contributed by atoms with Crippen molar-refractivity contribution in [1.82, 2.24) is 19.5 Å². The van der Waals surface area contributed by atoms with Crippen molar-refractivity contribution in [3.8, 4) is 0 Å². The van der Waals surface area contributed by atoms with Crippen LogP contribution in [0.3, 0.4) is 0 Å². The average Bonchev–Trinajstić information content (AvgIpc) is 2.96. The van der Waals surface area contributed by atoms with Gasteiger partial charge in [-0.25, -0.2) is 15.0 Å². The number of aliphatic hydroxyl groups is 3. The second-order valence-electron chi connectivity index (χ2n) is 4.85. The molecule has 5 N–H and O–H groups in total. The number of rotatable bonds is 2. The fourth-order valence-electron chi connectivity index (χ4n) is 2.55. The van der Waals surface area contributed by atoms with Gasteiger partial charge in [-0.05, 0) is 12.5 Å². The Morgan fingerprint density at radius 2 is 2.05 bits per heavy atom. The molecular formula is C12H15N5O3. The van der Waals surface area contributed by atoms with Crippen LogP contribution in [0.2, 0.25) is 0 Å². The van der Waals surface area contributed by atoms with Crippen LogP contribution < -0.4 is 5.73 Å². The molecule has 2 aromatic rings. The molecule has 0 unspecified atom stereocenters. The van der Waals surface area contributed by atoms with Gasteiger partial charge in [0, 0.05) is 0 Å². The molecule has 0 radical (unpaired) electrons. The molecule has 1 fully saturated rings. The number of nitrogens with zero attached hydrogens (tertiary/aromatic N) is 4. The van der Waals surface area contributed by atoms with E-state index in [9.17, 15) is 15.3 Å². The van der Waals surface area contributed by atoms with Gasteiger partial charge in [0.15, 0.2) is 17.3 Å². The molecule has 1 aliphatic rings. The average molecular weight is 277 g/mol. The van der Waals surface area contributed by atoms with Gasteiger partial charge >= 0.3 is 0 Å². The molecule has 2 aromatic heterocycles. The number of nitrogens with two attached hydrogens (primary N) is 1. The number of hydrogen-bond donors (Lipinski definition) is 4. The van der Waals surface area contributed by atoms with Crippen molar-refractivity contribution in [2.24, 2.45) is 0 Å². The zero-order valence-electron chi connectivity index (χ0n) is 10.6. The van der Waals surface area contributed by atoms with Crippen LogP contribution >= 0.6 is 0 Å². The molecule has 20 heavy (non-hydrogen) atoms. The lowest BCUT2D eigenvalue weighted by molar-refractivity contribution is -0.0244. The molecule has 0 saturated heterocycles. The quantitative estimate of drug-likeness (QED) is 0.558. The Kier molecular flexibility index (Phi) is 2.93. The Morgan fingerprint density at radius 1 is 1.30 bits per heavy atom. The van der Waals surface area contributed by atoms with Crippen molar-refractivity contribution in [2.45, 2.75) is 30.8 Å². The first-order valence-corrected chi connectivity index (χ1v) is 6.19. The van der Waals surface area contributed by atoms with Crippen LogP contribution in [0, 0.1) is 0 Å². The topological polar surface area (TPSA) is 130 Å². The highest BCUT2D eigenvalue weighted by molar-refractivity contribution is 5.82. The van der Waals surface area contributed by atoms with E-state index < -0.39 is 24.4 Å². The van der Waals surface area contributed by atoms with Crippen LogP contribution in [0.5, 0.6) is 0 Å². The predicted molar refractivity (Wildman–Crippen MR) is 71.5 cm³/mol. The van der Waals surface area contributed by atoms with E-state index in [1.807, 2.05) is 0 Å². The number of aliphatic hydroxyl groups excluding tert-OH is 3. The Balaban J connectivity index is 2.13. The second kappa shape index (κ2) is 4.51. The standard InChI is InChI=1S/C12H15N5O3/c1-2-7-15-11(13)8-12(16-7)17(4-14-8)5-3-6(18)10(20)9(5)19/h2,4-6,9-10,18-20H,1,3H2,(H2,13,15,16)/t5-,6+,9+,10-/m1/s1. The number of hydrogen-bond acceptors (Lipinski definition) is 7. The summed E-state index contributed by atoms with van der Waals surface area (Å²) in [7, 11) is 0. The van der Waals surface area contributed by atoms with E-state index in [0.717, 1.165) is 0 Å². The number of nitrogen functional groups attached to an aromatic ring is 1. The maximum atomic E-state index is 10.0. The van der Waals surface area contributed by atoms with E-state index in [4.69, 9.17) is 5.73 Å². The molecule has 0 amide bonds. The fraction of sp³-hybridized carbons (Fsp3) is 0.417. The van der Waals surface area contributed by atoms with Gasteiger partial charge in [-0.3, -0.25) is 0 Å². The maximum Gasteiger partial charge on any atom is 0.166 e. The summed E-state index contributed by atoms with van der Waals surface area (Å²) in [4.78, 5) is 12.4. The van der Waals surface area contributed by atoms with Crippen LogP contribution in [0.4, 0.5) is 5.82 Å². The molecule has 1 saturated carbocycles. The summed E-state index contributed by atoms with van der Waals surface area (Å²) in [6, 6.07) is -0.517. The summed E-state index contributed by atoms with van der Waals surface area (Å²) >= 11 is 0. The first kappa shape index (κ1) is 13.0. The molecule has 3 rings (SSSR count). The summed E-state index contributed by atoms with van der Waals surface area (Å²) in [6.45, 7) is 3.59. The van der Waals surface area contributed by atoms with Gasteiger partial charge < -0.3 is 25.6 Å².